The molecule has 23 heavy (non-hydrogen) atoms. The lowest BCUT2D eigenvalue weighted by molar-refractivity contribution is -0.148. The highest BCUT2D eigenvalue weighted by Crippen LogP contribution is 2.26. The molecule has 0 bridgehead atoms. The topological polar surface area (TPSA) is 65.2 Å². The van der Waals surface area contributed by atoms with E-state index in [4.69, 9.17) is 20.8 Å². The van der Waals surface area contributed by atoms with Crippen molar-refractivity contribution in [3.63, 3.8) is 0 Å². The molecule has 0 N–H and O–H groups in total. The third-order valence-corrected chi connectivity index (χ3v) is 4.20. The second-order valence-corrected chi connectivity index (χ2v) is 6.24. The van der Waals surface area contributed by atoms with Gasteiger partial charge in [-0.25, -0.2) is 0 Å². The van der Waals surface area contributed by atoms with Gasteiger partial charge in [0, 0.05) is 5.02 Å². The lowest BCUT2D eigenvalue weighted by atomic mass is 10.1. The average molecular weight is 349 g/mol. The number of hydrogen-bond acceptors (Lipinski definition) is 6. The molecule has 118 valence electrons. The zero-order valence-electron chi connectivity index (χ0n) is 12.2. The van der Waals surface area contributed by atoms with Gasteiger partial charge in [0.15, 0.2) is 6.10 Å². The second-order valence-electron chi connectivity index (χ2n) is 4.86. The number of halogens is 1. The molecule has 2 aromatic heterocycles. The smallest absolute Gasteiger partial charge is 0.311 e. The van der Waals surface area contributed by atoms with Gasteiger partial charge in [0.2, 0.25) is 0 Å². The van der Waals surface area contributed by atoms with E-state index < -0.39 is 6.10 Å². The lowest BCUT2D eigenvalue weighted by Gasteiger charge is -2.09. The maximum atomic E-state index is 12.0. The van der Waals surface area contributed by atoms with Gasteiger partial charge in [0.1, 0.15) is 0 Å². The van der Waals surface area contributed by atoms with E-state index in [0.717, 1.165) is 10.4 Å². The molecule has 0 fully saturated rings. The van der Waals surface area contributed by atoms with E-state index in [1.165, 1.54) is 11.3 Å². The molecule has 0 aliphatic carbocycles. The Morgan fingerprint density at radius 2 is 2.09 bits per heavy atom. The first-order valence-electron chi connectivity index (χ1n) is 6.93. The van der Waals surface area contributed by atoms with Crippen molar-refractivity contribution in [3.05, 3.63) is 58.3 Å². The van der Waals surface area contributed by atoms with Crippen LogP contribution in [0, 0.1) is 0 Å². The molecule has 0 aliphatic rings. The highest BCUT2D eigenvalue weighted by atomic mass is 35.5. The van der Waals surface area contributed by atoms with Crippen LogP contribution in [0.25, 0.3) is 10.8 Å². The summed E-state index contributed by atoms with van der Waals surface area (Å²) in [7, 11) is 0. The first-order chi connectivity index (χ1) is 11.1. The third-order valence-electron chi connectivity index (χ3n) is 3.09. The van der Waals surface area contributed by atoms with E-state index in [1.54, 1.807) is 31.2 Å². The summed E-state index contributed by atoms with van der Waals surface area (Å²) >= 11 is 7.32. The predicted molar refractivity (Wildman–Crippen MR) is 87.3 cm³/mol. The number of hydrogen-bond donors (Lipinski definition) is 0. The molecule has 0 spiro atoms. The maximum Gasteiger partial charge on any atom is 0.311 e. The van der Waals surface area contributed by atoms with Crippen molar-refractivity contribution in [2.45, 2.75) is 19.4 Å². The summed E-state index contributed by atoms with van der Waals surface area (Å²) in [5.41, 5.74) is 0.830. The van der Waals surface area contributed by atoms with Crippen LogP contribution < -0.4 is 0 Å². The molecule has 0 radical (unpaired) electrons. The fourth-order valence-corrected chi connectivity index (χ4v) is 2.73. The number of nitrogens with zero attached hydrogens (tertiary/aromatic N) is 2. The van der Waals surface area contributed by atoms with Gasteiger partial charge in [-0.15, -0.1) is 21.5 Å². The highest BCUT2D eigenvalue weighted by molar-refractivity contribution is 7.13. The minimum Gasteiger partial charge on any atom is -0.452 e. The minimum absolute atomic E-state index is 0.160. The van der Waals surface area contributed by atoms with Gasteiger partial charge in [-0.05, 0) is 36.1 Å². The average Bonchev–Trinajstić information content (AvgIpc) is 3.20. The Morgan fingerprint density at radius 3 is 2.78 bits per heavy atom. The van der Waals surface area contributed by atoms with Crippen LogP contribution in [0.2, 0.25) is 5.02 Å². The summed E-state index contributed by atoms with van der Waals surface area (Å²) in [6.07, 6.45) is -0.441. The molecule has 3 aromatic rings. The lowest BCUT2D eigenvalue weighted by Crippen LogP contribution is -2.11. The van der Waals surface area contributed by atoms with Gasteiger partial charge >= 0.3 is 5.97 Å². The summed E-state index contributed by atoms with van der Waals surface area (Å²) in [6.45, 7) is 1.70. The molecule has 1 aromatic carbocycles. The number of carbonyl (C=O) groups is 1. The van der Waals surface area contributed by atoms with E-state index in [1.807, 2.05) is 17.5 Å². The van der Waals surface area contributed by atoms with E-state index in [-0.39, 0.29) is 18.3 Å². The standard InChI is InChI=1S/C16H13ClN2O3S/c1-10(15-18-19-16(22-15)13-3-2-8-23-13)21-14(20)9-11-4-6-12(17)7-5-11/h2-8,10H,9H2,1H3/t10-/m0/s1. The Hall–Kier alpha value is -2.18. The van der Waals surface area contributed by atoms with Crippen LogP contribution in [0.15, 0.2) is 46.2 Å². The van der Waals surface area contributed by atoms with Gasteiger partial charge in [-0.2, -0.15) is 0 Å². The van der Waals surface area contributed by atoms with Crippen molar-refractivity contribution in [3.8, 4) is 10.8 Å². The first kappa shape index (κ1) is 15.7. The highest BCUT2D eigenvalue weighted by Gasteiger charge is 2.19. The summed E-state index contributed by atoms with van der Waals surface area (Å²) in [5, 5.41) is 10.5. The molecule has 2 heterocycles. The van der Waals surface area contributed by atoms with Crippen molar-refractivity contribution >= 4 is 28.9 Å². The van der Waals surface area contributed by atoms with Gasteiger partial charge in [-0.3, -0.25) is 4.79 Å². The molecule has 0 saturated heterocycles. The quantitative estimate of drug-likeness (QED) is 0.643. The summed E-state index contributed by atoms with van der Waals surface area (Å²) in [6, 6.07) is 10.8. The molecule has 0 saturated carbocycles. The van der Waals surface area contributed by atoms with Gasteiger partial charge in [0.25, 0.3) is 11.8 Å². The monoisotopic (exact) mass is 348 g/mol. The number of rotatable bonds is 5. The van der Waals surface area contributed by atoms with Crippen molar-refractivity contribution in [1.82, 2.24) is 10.2 Å². The molecule has 0 amide bonds. The summed E-state index contributed by atoms with van der Waals surface area (Å²) in [5.74, 6) is 0.337. The molecule has 5 nitrogen and oxygen atoms in total. The van der Waals surface area contributed by atoms with Crippen molar-refractivity contribution < 1.29 is 13.9 Å². The number of thiophene rings is 1. The van der Waals surface area contributed by atoms with E-state index in [0.29, 0.717) is 10.9 Å². The van der Waals surface area contributed by atoms with E-state index in [2.05, 4.69) is 10.2 Å². The normalized spacial score (nSPS) is 12.1. The van der Waals surface area contributed by atoms with E-state index >= 15 is 0 Å². The molecule has 0 unspecified atom stereocenters. The van der Waals surface area contributed by atoms with E-state index in [9.17, 15) is 4.79 Å². The molecule has 0 aliphatic heterocycles. The summed E-state index contributed by atoms with van der Waals surface area (Å²) in [4.78, 5) is 12.9. The number of esters is 1. The zero-order chi connectivity index (χ0) is 16.2. The van der Waals surface area contributed by atoms with Crippen molar-refractivity contribution in [1.29, 1.82) is 0 Å². The SMILES string of the molecule is C[C@H](OC(=O)Cc1ccc(Cl)cc1)c1nnc(-c2cccs2)o1. The van der Waals surface area contributed by atoms with Gasteiger partial charge in [0.05, 0.1) is 11.3 Å². The second kappa shape index (κ2) is 6.93. The van der Waals surface area contributed by atoms with Gasteiger partial charge in [-0.1, -0.05) is 29.8 Å². The first-order valence-corrected chi connectivity index (χ1v) is 8.19. The van der Waals surface area contributed by atoms with Crippen LogP contribution in [-0.4, -0.2) is 16.2 Å². The van der Waals surface area contributed by atoms with Crippen LogP contribution >= 0.6 is 22.9 Å². The molecular formula is C16H13ClN2O3S. The van der Waals surface area contributed by atoms with Crippen LogP contribution in [0.5, 0.6) is 0 Å². The van der Waals surface area contributed by atoms with Crippen LogP contribution in [0.4, 0.5) is 0 Å². The number of aromatic nitrogens is 2. The molecule has 3 rings (SSSR count). The number of benzene rings is 1. The molecule has 1 atom stereocenters. The largest absolute Gasteiger partial charge is 0.452 e. The van der Waals surface area contributed by atoms with Crippen molar-refractivity contribution in [2.75, 3.05) is 0 Å². The fraction of sp³-hybridized carbons (Fsp3) is 0.188. The Bertz CT molecular complexity index is 784. The Morgan fingerprint density at radius 1 is 1.30 bits per heavy atom. The maximum absolute atomic E-state index is 12.0. The Labute approximate surface area is 141 Å². The molecular weight excluding hydrogens is 336 g/mol. The van der Waals surface area contributed by atoms with Gasteiger partial charge < -0.3 is 9.15 Å². The number of ether oxygens (including phenoxy) is 1. The third kappa shape index (κ3) is 3.97. The number of carbonyl (C=O) groups excluding carboxylic acids is 1. The minimum atomic E-state index is -0.601. The Balaban J connectivity index is 1.61. The summed E-state index contributed by atoms with van der Waals surface area (Å²) < 4.78 is 10.9. The predicted octanol–water partition coefficient (Wildman–Crippen LogP) is 4.30. The molecule has 7 heteroatoms. The van der Waals surface area contributed by atoms with Crippen molar-refractivity contribution in [2.24, 2.45) is 0 Å². The van der Waals surface area contributed by atoms with Crippen LogP contribution in [0.3, 0.4) is 0 Å². The Kier molecular flexibility index (Phi) is 4.73. The fourth-order valence-electron chi connectivity index (χ4n) is 1.96. The van der Waals surface area contributed by atoms with Crippen LogP contribution in [-0.2, 0) is 16.0 Å². The van der Waals surface area contributed by atoms with Crippen LogP contribution in [0.1, 0.15) is 24.5 Å². The zero-order valence-corrected chi connectivity index (χ0v) is 13.8.